The predicted octanol–water partition coefficient (Wildman–Crippen LogP) is 1.31. The summed E-state index contributed by atoms with van der Waals surface area (Å²) < 4.78 is 24.4. The Morgan fingerprint density at radius 2 is 1.95 bits per heavy atom. The van der Waals surface area contributed by atoms with Gasteiger partial charge in [-0.05, 0) is 31.5 Å². The van der Waals surface area contributed by atoms with Crippen molar-refractivity contribution in [3.8, 4) is 0 Å². The molecule has 2 rings (SSSR count). The maximum absolute atomic E-state index is 12.2. The molecule has 0 radical (unpaired) electrons. The van der Waals surface area contributed by atoms with Gasteiger partial charge in [-0.25, -0.2) is 8.42 Å². The summed E-state index contributed by atoms with van der Waals surface area (Å²) in [5.74, 6) is 0.119. The van der Waals surface area contributed by atoms with Crippen molar-refractivity contribution in [3.05, 3.63) is 30.3 Å². The van der Waals surface area contributed by atoms with Crippen LogP contribution in [0, 0.1) is 0 Å². The molecule has 0 aliphatic carbocycles. The molecule has 4 nitrogen and oxygen atoms in total. The van der Waals surface area contributed by atoms with Gasteiger partial charge in [0.25, 0.3) is 0 Å². The lowest BCUT2D eigenvalue weighted by Crippen LogP contribution is -2.44. The highest BCUT2D eigenvalue weighted by Crippen LogP contribution is 2.17. The average molecular weight is 283 g/mol. The Labute approximate surface area is 115 Å². The first-order chi connectivity index (χ1) is 9.13. The first-order valence-corrected chi connectivity index (χ1v) is 8.41. The van der Waals surface area contributed by atoms with E-state index >= 15 is 0 Å². The molecule has 19 heavy (non-hydrogen) atoms. The van der Waals surface area contributed by atoms with Crippen molar-refractivity contribution >= 4 is 9.84 Å². The van der Waals surface area contributed by atoms with Crippen molar-refractivity contribution in [2.75, 3.05) is 25.4 Å². The molecule has 1 N–H and O–H groups in total. The van der Waals surface area contributed by atoms with Crippen LogP contribution >= 0.6 is 0 Å². The second-order valence-corrected chi connectivity index (χ2v) is 7.11. The molecule has 1 aromatic rings. The number of rotatable bonds is 5. The minimum atomic E-state index is -3.21. The zero-order valence-corrected chi connectivity index (χ0v) is 11.8. The number of hydrogen-bond acceptors (Lipinski definition) is 4. The number of aliphatic hydroxyl groups is 1. The molecule has 1 heterocycles. The number of sulfone groups is 1. The van der Waals surface area contributed by atoms with E-state index in [2.05, 4.69) is 4.90 Å². The third-order valence-electron chi connectivity index (χ3n) is 3.71. The van der Waals surface area contributed by atoms with Gasteiger partial charge in [-0.3, -0.25) is 4.90 Å². The Balaban J connectivity index is 1.98. The molecule has 5 heteroatoms. The van der Waals surface area contributed by atoms with Crippen LogP contribution in [0.5, 0.6) is 0 Å². The molecule has 1 aliphatic rings. The van der Waals surface area contributed by atoms with Crippen LogP contribution in [0.4, 0.5) is 0 Å². The molecule has 1 fully saturated rings. The van der Waals surface area contributed by atoms with Gasteiger partial charge < -0.3 is 5.11 Å². The van der Waals surface area contributed by atoms with Crippen LogP contribution < -0.4 is 0 Å². The largest absolute Gasteiger partial charge is 0.395 e. The quantitative estimate of drug-likeness (QED) is 0.885. The van der Waals surface area contributed by atoms with Crippen LogP contribution in [0.25, 0.3) is 0 Å². The molecule has 0 aromatic heterocycles. The van der Waals surface area contributed by atoms with E-state index in [1.54, 1.807) is 24.3 Å². The van der Waals surface area contributed by atoms with E-state index in [0.29, 0.717) is 11.4 Å². The molecule has 1 unspecified atom stereocenters. The first-order valence-electron chi connectivity index (χ1n) is 6.76. The van der Waals surface area contributed by atoms with Crippen LogP contribution in [0.3, 0.4) is 0 Å². The summed E-state index contributed by atoms with van der Waals surface area (Å²) in [4.78, 5) is 2.48. The van der Waals surface area contributed by atoms with Gasteiger partial charge >= 0.3 is 0 Å². The average Bonchev–Trinajstić information content (AvgIpc) is 2.46. The summed E-state index contributed by atoms with van der Waals surface area (Å²) in [6.45, 7) is 1.50. The van der Waals surface area contributed by atoms with Crippen LogP contribution in [0.2, 0.25) is 0 Å². The Bertz CT molecular complexity index is 487. The van der Waals surface area contributed by atoms with Gasteiger partial charge in [-0.1, -0.05) is 24.6 Å². The normalized spacial score (nSPS) is 21.4. The van der Waals surface area contributed by atoms with Gasteiger partial charge in [0.1, 0.15) is 0 Å². The van der Waals surface area contributed by atoms with E-state index in [1.165, 1.54) is 0 Å². The molecule has 1 saturated heterocycles. The Kier molecular flexibility index (Phi) is 4.96. The van der Waals surface area contributed by atoms with Crippen LogP contribution in [0.1, 0.15) is 19.3 Å². The molecule has 106 valence electrons. The summed E-state index contributed by atoms with van der Waals surface area (Å²) in [5.41, 5.74) is 0. The summed E-state index contributed by atoms with van der Waals surface area (Å²) in [6.07, 6.45) is 3.16. The summed E-state index contributed by atoms with van der Waals surface area (Å²) in [5, 5.41) is 9.32. The lowest BCUT2D eigenvalue weighted by molar-refractivity contribution is 0.0958. The van der Waals surface area contributed by atoms with Crippen molar-refractivity contribution in [2.24, 2.45) is 0 Å². The highest BCUT2D eigenvalue weighted by molar-refractivity contribution is 7.91. The predicted molar refractivity (Wildman–Crippen MR) is 74.8 cm³/mol. The number of benzene rings is 1. The van der Waals surface area contributed by atoms with Gasteiger partial charge in [0.2, 0.25) is 0 Å². The molecule has 0 spiro atoms. The minimum Gasteiger partial charge on any atom is -0.395 e. The summed E-state index contributed by atoms with van der Waals surface area (Å²) in [7, 11) is -3.21. The van der Waals surface area contributed by atoms with Crippen molar-refractivity contribution in [2.45, 2.75) is 30.2 Å². The number of hydrogen-bond donors (Lipinski definition) is 1. The third kappa shape index (κ3) is 3.78. The number of aliphatic hydroxyl groups excluding tert-OH is 1. The van der Waals surface area contributed by atoms with E-state index < -0.39 is 9.84 Å². The third-order valence-corrected chi connectivity index (χ3v) is 5.42. The van der Waals surface area contributed by atoms with E-state index in [4.69, 9.17) is 0 Å². The zero-order chi connectivity index (χ0) is 13.7. The summed E-state index contributed by atoms with van der Waals surface area (Å²) in [6, 6.07) is 8.68. The first kappa shape index (κ1) is 14.5. The Hall–Kier alpha value is -0.910. The molecular weight excluding hydrogens is 262 g/mol. The van der Waals surface area contributed by atoms with Crippen molar-refractivity contribution < 1.29 is 13.5 Å². The van der Waals surface area contributed by atoms with E-state index in [9.17, 15) is 13.5 Å². The SMILES string of the molecule is O=S(=O)(CCN1CCCCC1CO)c1ccccc1. The molecule has 0 amide bonds. The zero-order valence-electron chi connectivity index (χ0n) is 11.0. The lowest BCUT2D eigenvalue weighted by atomic mass is 10.0. The topological polar surface area (TPSA) is 57.6 Å². The maximum Gasteiger partial charge on any atom is 0.179 e. The fraction of sp³-hybridized carbons (Fsp3) is 0.571. The Morgan fingerprint density at radius 1 is 1.21 bits per heavy atom. The summed E-state index contributed by atoms with van der Waals surface area (Å²) >= 11 is 0. The van der Waals surface area contributed by atoms with Crippen molar-refractivity contribution in [1.82, 2.24) is 4.90 Å². The standard InChI is InChI=1S/C14H21NO3S/c16-12-13-6-4-5-9-15(13)10-11-19(17,18)14-7-2-1-3-8-14/h1-3,7-8,13,16H,4-6,9-12H2. The van der Waals surface area contributed by atoms with E-state index in [-0.39, 0.29) is 18.4 Å². The molecular formula is C14H21NO3S. The van der Waals surface area contributed by atoms with Crippen LogP contribution in [-0.2, 0) is 9.84 Å². The fourth-order valence-corrected chi connectivity index (χ4v) is 3.83. The molecule has 0 saturated carbocycles. The van der Waals surface area contributed by atoms with Crippen molar-refractivity contribution in [3.63, 3.8) is 0 Å². The molecule has 1 atom stereocenters. The van der Waals surface area contributed by atoms with E-state index in [0.717, 1.165) is 25.8 Å². The van der Waals surface area contributed by atoms with Gasteiger partial charge in [-0.2, -0.15) is 0 Å². The minimum absolute atomic E-state index is 0.116. The monoisotopic (exact) mass is 283 g/mol. The second kappa shape index (κ2) is 6.50. The maximum atomic E-state index is 12.2. The lowest BCUT2D eigenvalue weighted by Gasteiger charge is -2.34. The van der Waals surface area contributed by atoms with Gasteiger partial charge in [0.15, 0.2) is 9.84 Å². The smallest absolute Gasteiger partial charge is 0.179 e. The van der Waals surface area contributed by atoms with Gasteiger partial charge in [0.05, 0.1) is 17.3 Å². The van der Waals surface area contributed by atoms with Gasteiger partial charge in [0, 0.05) is 12.6 Å². The number of nitrogens with zero attached hydrogens (tertiary/aromatic N) is 1. The molecule has 0 bridgehead atoms. The molecule has 1 aromatic carbocycles. The Morgan fingerprint density at radius 3 is 2.63 bits per heavy atom. The number of likely N-dealkylation sites (tertiary alicyclic amines) is 1. The van der Waals surface area contributed by atoms with Crippen molar-refractivity contribution in [1.29, 1.82) is 0 Å². The number of piperidine rings is 1. The highest BCUT2D eigenvalue weighted by atomic mass is 32.2. The fourth-order valence-electron chi connectivity index (χ4n) is 2.54. The van der Waals surface area contributed by atoms with Crippen LogP contribution in [0.15, 0.2) is 35.2 Å². The van der Waals surface area contributed by atoms with Gasteiger partial charge in [-0.15, -0.1) is 0 Å². The van der Waals surface area contributed by atoms with E-state index in [1.807, 2.05) is 6.07 Å². The van der Waals surface area contributed by atoms with Crippen LogP contribution in [-0.4, -0.2) is 49.9 Å². The second-order valence-electron chi connectivity index (χ2n) is 5.00. The molecule has 1 aliphatic heterocycles. The highest BCUT2D eigenvalue weighted by Gasteiger charge is 2.23.